The number of nitrogens with zero attached hydrogens (tertiary/aromatic N) is 1. The zero-order valence-electron chi connectivity index (χ0n) is 14.8. The van der Waals surface area contributed by atoms with E-state index in [1.165, 1.54) is 11.3 Å². The number of rotatable bonds is 4. The molecule has 0 radical (unpaired) electrons. The average molecular weight is 405 g/mol. The molecular weight excluding hydrogens is 384 g/mol. The molecule has 3 aromatic rings. The lowest BCUT2D eigenvalue weighted by Gasteiger charge is -2.31. The summed E-state index contributed by atoms with van der Waals surface area (Å²) in [4.78, 5) is 14.6. The summed E-state index contributed by atoms with van der Waals surface area (Å²) in [5.74, 6) is 0.233. The van der Waals surface area contributed by atoms with Crippen LogP contribution in [0.2, 0.25) is 0 Å². The molecule has 2 aromatic heterocycles. The molecule has 27 heavy (non-hydrogen) atoms. The molecule has 0 unspecified atom stereocenters. The Bertz CT molecular complexity index is 1060. The Labute approximate surface area is 161 Å². The average Bonchev–Trinajstić information content (AvgIpc) is 3.31. The van der Waals surface area contributed by atoms with E-state index in [1.807, 2.05) is 31.2 Å². The van der Waals surface area contributed by atoms with Crippen LogP contribution in [-0.2, 0) is 10.0 Å². The standard InChI is InChI=1S/C19H20N2O4S2/c1-13-15-5-2-3-6-16(15)25-18(13)19(22)21-10-8-14(9-11-21)20-27(23,24)17-7-4-12-26-17/h2-7,12,14,20H,8-11H2,1H3. The highest BCUT2D eigenvalue weighted by Gasteiger charge is 2.29. The maximum atomic E-state index is 12.9. The third-order valence-electron chi connectivity index (χ3n) is 4.90. The molecule has 8 heteroatoms. The van der Waals surface area contributed by atoms with Crippen molar-refractivity contribution < 1.29 is 17.6 Å². The lowest BCUT2D eigenvalue weighted by Crippen LogP contribution is -2.46. The summed E-state index contributed by atoms with van der Waals surface area (Å²) >= 11 is 1.20. The van der Waals surface area contributed by atoms with E-state index in [0.717, 1.165) is 10.9 Å². The summed E-state index contributed by atoms with van der Waals surface area (Å²) in [5, 5.41) is 2.69. The Morgan fingerprint density at radius 2 is 1.93 bits per heavy atom. The molecule has 0 spiro atoms. The first kappa shape index (κ1) is 18.2. The van der Waals surface area contributed by atoms with Gasteiger partial charge in [0.25, 0.3) is 5.91 Å². The molecule has 0 saturated carbocycles. The molecule has 4 rings (SSSR count). The SMILES string of the molecule is Cc1c(C(=O)N2CCC(NS(=O)(=O)c3cccs3)CC2)oc2ccccc12. The van der Waals surface area contributed by atoms with E-state index in [9.17, 15) is 13.2 Å². The molecule has 1 fully saturated rings. The van der Waals surface area contributed by atoms with Gasteiger partial charge in [-0.05, 0) is 37.3 Å². The molecule has 0 bridgehead atoms. The minimum atomic E-state index is -3.48. The Kier molecular flexibility index (Phi) is 4.79. The van der Waals surface area contributed by atoms with Crippen LogP contribution in [-0.4, -0.2) is 38.4 Å². The predicted octanol–water partition coefficient (Wildman–Crippen LogP) is 3.39. The minimum absolute atomic E-state index is 0.136. The number of furan rings is 1. The van der Waals surface area contributed by atoms with Gasteiger partial charge in [-0.1, -0.05) is 24.3 Å². The summed E-state index contributed by atoms with van der Waals surface area (Å²) in [6.07, 6.45) is 1.16. The Morgan fingerprint density at radius 1 is 1.19 bits per heavy atom. The van der Waals surface area contributed by atoms with E-state index in [2.05, 4.69) is 4.72 Å². The molecule has 0 atom stereocenters. The second-order valence-electron chi connectivity index (χ2n) is 6.67. The number of thiophene rings is 1. The maximum Gasteiger partial charge on any atom is 0.289 e. The lowest BCUT2D eigenvalue weighted by molar-refractivity contribution is 0.0680. The molecule has 1 aliphatic rings. The van der Waals surface area contributed by atoms with E-state index in [1.54, 1.807) is 22.4 Å². The van der Waals surface area contributed by atoms with Gasteiger partial charge in [-0.15, -0.1) is 11.3 Å². The van der Waals surface area contributed by atoms with Crippen LogP contribution in [0.5, 0.6) is 0 Å². The number of fused-ring (bicyclic) bond motifs is 1. The summed E-state index contributed by atoms with van der Waals surface area (Å²) in [5.41, 5.74) is 1.55. The van der Waals surface area contributed by atoms with Crippen molar-refractivity contribution in [3.8, 4) is 0 Å². The van der Waals surface area contributed by atoms with Crippen LogP contribution in [0.4, 0.5) is 0 Å². The van der Waals surface area contributed by atoms with Gasteiger partial charge < -0.3 is 9.32 Å². The summed E-state index contributed by atoms with van der Waals surface area (Å²) in [7, 11) is -3.48. The van der Waals surface area contributed by atoms with Crippen LogP contribution in [0.3, 0.4) is 0 Å². The second-order valence-corrected chi connectivity index (χ2v) is 9.56. The number of amides is 1. The van der Waals surface area contributed by atoms with Gasteiger partial charge in [0.1, 0.15) is 9.79 Å². The fourth-order valence-electron chi connectivity index (χ4n) is 3.42. The fourth-order valence-corrected chi connectivity index (χ4v) is 5.73. The summed E-state index contributed by atoms with van der Waals surface area (Å²) < 4.78 is 33.5. The van der Waals surface area contributed by atoms with Crippen LogP contribution in [0.1, 0.15) is 29.0 Å². The molecule has 3 heterocycles. The number of benzene rings is 1. The zero-order valence-corrected chi connectivity index (χ0v) is 16.5. The number of carbonyl (C=O) groups excluding carboxylic acids is 1. The molecule has 1 saturated heterocycles. The highest BCUT2D eigenvalue weighted by molar-refractivity contribution is 7.91. The van der Waals surface area contributed by atoms with Crippen LogP contribution < -0.4 is 4.72 Å². The second kappa shape index (κ2) is 7.10. The minimum Gasteiger partial charge on any atom is -0.451 e. The van der Waals surface area contributed by atoms with Crippen molar-refractivity contribution in [2.75, 3.05) is 13.1 Å². The van der Waals surface area contributed by atoms with Crippen molar-refractivity contribution in [2.45, 2.75) is 30.0 Å². The summed E-state index contributed by atoms with van der Waals surface area (Å²) in [6.45, 7) is 2.88. The zero-order chi connectivity index (χ0) is 19.0. The van der Waals surface area contributed by atoms with Gasteiger partial charge in [0.15, 0.2) is 5.76 Å². The first-order valence-electron chi connectivity index (χ1n) is 8.79. The topological polar surface area (TPSA) is 79.6 Å². The Morgan fingerprint density at radius 3 is 2.59 bits per heavy atom. The van der Waals surface area contributed by atoms with E-state index >= 15 is 0 Å². The fraction of sp³-hybridized carbons (Fsp3) is 0.316. The highest BCUT2D eigenvalue weighted by Crippen LogP contribution is 2.27. The number of piperidine rings is 1. The first-order valence-corrected chi connectivity index (χ1v) is 11.2. The van der Waals surface area contributed by atoms with Crippen molar-refractivity contribution in [1.29, 1.82) is 0 Å². The molecule has 1 aromatic carbocycles. The van der Waals surface area contributed by atoms with Crippen LogP contribution in [0.25, 0.3) is 11.0 Å². The van der Waals surface area contributed by atoms with Gasteiger partial charge in [0.05, 0.1) is 0 Å². The molecule has 1 N–H and O–H groups in total. The number of nitrogens with one attached hydrogen (secondary N) is 1. The van der Waals surface area contributed by atoms with Gasteiger partial charge in [-0.3, -0.25) is 4.79 Å². The number of likely N-dealkylation sites (tertiary alicyclic amines) is 1. The maximum absolute atomic E-state index is 12.9. The summed E-state index contributed by atoms with van der Waals surface area (Å²) in [6, 6.07) is 10.7. The molecular formula is C19H20N2O4S2. The van der Waals surface area contributed by atoms with Crippen molar-refractivity contribution in [3.63, 3.8) is 0 Å². The number of hydrogen-bond acceptors (Lipinski definition) is 5. The van der Waals surface area contributed by atoms with Crippen LogP contribution in [0, 0.1) is 6.92 Å². The van der Waals surface area contributed by atoms with Crippen LogP contribution in [0.15, 0.2) is 50.4 Å². The predicted molar refractivity (Wildman–Crippen MR) is 105 cm³/mol. The van der Waals surface area contributed by atoms with E-state index < -0.39 is 10.0 Å². The smallest absolute Gasteiger partial charge is 0.289 e. The third-order valence-corrected chi connectivity index (χ3v) is 7.82. The van der Waals surface area contributed by atoms with Crippen molar-refractivity contribution in [3.05, 3.63) is 53.1 Å². The normalized spacial score (nSPS) is 16.1. The molecule has 0 aliphatic carbocycles. The van der Waals surface area contributed by atoms with E-state index in [4.69, 9.17) is 4.42 Å². The van der Waals surface area contributed by atoms with Gasteiger partial charge in [0, 0.05) is 30.1 Å². The van der Waals surface area contributed by atoms with E-state index in [-0.39, 0.29) is 11.9 Å². The third kappa shape index (κ3) is 3.52. The monoisotopic (exact) mass is 404 g/mol. The molecule has 142 valence electrons. The number of para-hydroxylation sites is 1. The van der Waals surface area contributed by atoms with Gasteiger partial charge in [0.2, 0.25) is 10.0 Å². The van der Waals surface area contributed by atoms with Crippen LogP contribution >= 0.6 is 11.3 Å². The quantitative estimate of drug-likeness (QED) is 0.723. The van der Waals surface area contributed by atoms with Crippen molar-refractivity contribution in [1.82, 2.24) is 9.62 Å². The Hall–Kier alpha value is -2.16. The lowest BCUT2D eigenvalue weighted by atomic mass is 10.1. The van der Waals surface area contributed by atoms with Crippen molar-refractivity contribution >= 4 is 38.2 Å². The van der Waals surface area contributed by atoms with Gasteiger partial charge in [-0.25, -0.2) is 13.1 Å². The van der Waals surface area contributed by atoms with Gasteiger partial charge in [-0.2, -0.15) is 0 Å². The molecule has 1 amide bonds. The largest absolute Gasteiger partial charge is 0.451 e. The number of sulfonamides is 1. The molecule has 1 aliphatic heterocycles. The Balaban J connectivity index is 1.43. The molecule has 6 nitrogen and oxygen atoms in total. The van der Waals surface area contributed by atoms with Gasteiger partial charge >= 0.3 is 0 Å². The number of carbonyl (C=O) groups is 1. The van der Waals surface area contributed by atoms with Crippen molar-refractivity contribution in [2.24, 2.45) is 0 Å². The van der Waals surface area contributed by atoms with E-state index in [0.29, 0.717) is 41.5 Å². The first-order chi connectivity index (χ1) is 13.0. The number of hydrogen-bond donors (Lipinski definition) is 1. The highest BCUT2D eigenvalue weighted by atomic mass is 32.2. The number of aryl methyl sites for hydroxylation is 1.